The van der Waals surface area contributed by atoms with Gasteiger partial charge < -0.3 is 25.6 Å². The van der Waals surface area contributed by atoms with Crippen LogP contribution in [0.4, 0.5) is 22.0 Å². The van der Waals surface area contributed by atoms with Gasteiger partial charge in [-0.3, -0.25) is 0 Å². The van der Waals surface area contributed by atoms with Crippen LogP contribution in [0.25, 0.3) is 0 Å². The largest absolute Gasteiger partial charge is 0.378 e. The fraction of sp³-hybridized carbons (Fsp3) is 0.389. The Morgan fingerprint density at radius 2 is 2.07 bits per heavy atom. The Hall–Kier alpha value is -2.58. The Kier molecular flexibility index (Phi) is 6.67. The number of amides is 2. The minimum absolute atomic E-state index is 0.310. The molecule has 1 saturated heterocycles. The maximum absolute atomic E-state index is 12.0. The molecule has 1 fully saturated rings. The summed E-state index contributed by atoms with van der Waals surface area (Å²) in [6.45, 7) is 6.01. The fourth-order valence-corrected chi connectivity index (χ4v) is 2.97. The molecule has 9 heteroatoms. The van der Waals surface area contributed by atoms with Gasteiger partial charge in [0.2, 0.25) is 0 Å². The van der Waals surface area contributed by atoms with Gasteiger partial charge in [-0.05, 0) is 24.6 Å². The molecule has 1 aromatic carbocycles. The van der Waals surface area contributed by atoms with Crippen molar-refractivity contribution < 1.29 is 9.53 Å². The second-order valence-electron chi connectivity index (χ2n) is 6.19. The minimum Gasteiger partial charge on any atom is -0.378 e. The molecule has 144 valence electrons. The molecule has 0 spiro atoms. The Morgan fingerprint density at radius 3 is 2.85 bits per heavy atom. The zero-order valence-corrected chi connectivity index (χ0v) is 15.9. The van der Waals surface area contributed by atoms with E-state index in [1.807, 2.05) is 19.1 Å². The van der Waals surface area contributed by atoms with Crippen molar-refractivity contribution in [3.8, 4) is 0 Å². The standard InChI is InChI=1S/C18H23ClN6O2/c1-13-2-3-16(15(19)10-13)23-18(26)21-5-4-20-17-11-14(12-22-24-17)25-6-8-27-9-7-25/h2-3,10-12H,4-9H2,1H3,(H,20,24)(H2,21,23,26). The van der Waals surface area contributed by atoms with E-state index in [1.54, 1.807) is 18.3 Å². The first-order chi connectivity index (χ1) is 13.1. The second-order valence-corrected chi connectivity index (χ2v) is 6.60. The summed E-state index contributed by atoms with van der Waals surface area (Å²) in [4.78, 5) is 14.2. The average Bonchev–Trinajstić information content (AvgIpc) is 2.68. The Bertz CT molecular complexity index is 782. The third kappa shape index (κ3) is 5.70. The van der Waals surface area contributed by atoms with Gasteiger partial charge in [0.15, 0.2) is 5.82 Å². The number of aromatic nitrogens is 2. The summed E-state index contributed by atoms with van der Waals surface area (Å²) in [5, 5.41) is 17.3. The molecule has 0 aliphatic carbocycles. The lowest BCUT2D eigenvalue weighted by Crippen LogP contribution is -2.36. The van der Waals surface area contributed by atoms with E-state index in [0.29, 0.717) is 29.6 Å². The summed E-state index contributed by atoms with van der Waals surface area (Å²) < 4.78 is 5.36. The lowest BCUT2D eigenvalue weighted by Gasteiger charge is -2.28. The first-order valence-corrected chi connectivity index (χ1v) is 9.20. The van der Waals surface area contributed by atoms with Crippen molar-refractivity contribution in [2.45, 2.75) is 6.92 Å². The van der Waals surface area contributed by atoms with Gasteiger partial charge >= 0.3 is 6.03 Å². The summed E-state index contributed by atoms with van der Waals surface area (Å²) in [7, 11) is 0. The first kappa shape index (κ1) is 19.2. The number of aryl methyl sites for hydroxylation is 1. The van der Waals surface area contributed by atoms with Gasteiger partial charge in [0.25, 0.3) is 0 Å². The van der Waals surface area contributed by atoms with Crippen molar-refractivity contribution in [2.24, 2.45) is 0 Å². The lowest BCUT2D eigenvalue weighted by molar-refractivity contribution is 0.122. The predicted molar refractivity (Wildman–Crippen MR) is 107 cm³/mol. The molecule has 2 heterocycles. The monoisotopic (exact) mass is 390 g/mol. The number of ether oxygens (including phenoxy) is 1. The molecule has 1 aromatic heterocycles. The normalized spacial score (nSPS) is 13.9. The zero-order valence-electron chi connectivity index (χ0n) is 15.2. The third-order valence-electron chi connectivity index (χ3n) is 4.11. The number of halogens is 1. The van der Waals surface area contributed by atoms with Gasteiger partial charge in [-0.15, -0.1) is 5.10 Å². The third-order valence-corrected chi connectivity index (χ3v) is 4.42. The molecule has 0 atom stereocenters. The zero-order chi connectivity index (χ0) is 19.1. The van der Waals surface area contributed by atoms with Crippen LogP contribution in [-0.4, -0.2) is 55.6 Å². The number of anilines is 3. The van der Waals surface area contributed by atoms with Crippen LogP contribution in [0.2, 0.25) is 5.02 Å². The molecule has 1 aliphatic rings. The molecular formula is C18H23ClN6O2. The highest BCUT2D eigenvalue weighted by Gasteiger charge is 2.12. The van der Waals surface area contributed by atoms with E-state index >= 15 is 0 Å². The number of carbonyl (C=O) groups excluding carboxylic acids is 1. The molecule has 3 rings (SSSR count). The summed E-state index contributed by atoms with van der Waals surface area (Å²) in [6, 6.07) is 7.12. The number of carbonyl (C=O) groups is 1. The van der Waals surface area contributed by atoms with Crippen molar-refractivity contribution in [1.29, 1.82) is 0 Å². The van der Waals surface area contributed by atoms with Crippen molar-refractivity contribution in [1.82, 2.24) is 15.5 Å². The summed E-state index contributed by atoms with van der Waals surface area (Å²) in [5.74, 6) is 0.669. The summed E-state index contributed by atoms with van der Waals surface area (Å²) in [6.07, 6.45) is 1.74. The molecule has 2 aromatic rings. The molecule has 0 radical (unpaired) electrons. The number of benzene rings is 1. The first-order valence-electron chi connectivity index (χ1n) is 8.82. The van der Waals surface area contributed by atoms with Crippen LogP contribution < -0.4 is 20.9 Å². The van der Waals surface area contributed by atoms with E-state index in [-0.39, 0.29) is 6.03 Å². The Labute approximate surface area is 163 Å². The van der Waals surface area contributed by atoms with Crippen molar-refractivity contribution in [3.05, 3.63) is 41.0 Å². The molecule has 27 heavy (non-hydrogen) atoms. The van der Waals surface area contributed by atoms with E-state index in [2.05, 4.69) is 31.0 Å². The van der Waals surface area contributed by atoms with Gasteiger partial charge in [0.1, 0.15) is 0 Å². The fourth-order valence-electron chi connectivity index (χ4n) is 2.69. The van der Waals surface area contributed by atoms with E-state index < -0.39 is 0 Å². The second kappa shape index (κ2) is 9.38. The van der Waals surface area contributed by atoms with Crippen LogP contribution >= 0.6 is 11.6 Å². The molecule has 0 saturated carbocycles. The van der Waals surface area contributed by atoms with Crippen molar-refractivity contribution in [2.75, 3.05) is 54.9 Å². The lowest BCUT2D eigenvalue weighted by atomic mass is 10.2. The van der Waals surface area contributed by atoms with Crippen LogP contribution in [0.5, 0.6) is 0 Å². The summed E-state index contributed by atoms with van der Waals surface area (Å²) in [5.41, 5.74) is 2.63. The summed E-state index contributed by atoms with van der Waals surface area (Å²) >= 11 is 6.11. The molecule has 0 unspecified atom stereocenters. The van der Waals surface area contributed by atoms with E-state index in [4.69, 9.17) is 16.3 Å². The molecular weight excluding hydrogens is 368 g/mol. The highest BCUT2D eigenvalue weighted by atomic mass is 35.5. The van der Waals surface area contributed by atoms with Crippen LogP contribution in [0, 0.1) is 6.92 Å². The molecule has 2 amide bonds. The van der Waals surface area contributed by atoms with Crippen LogP contribution in [-0.2, 0) is 4.74 Å². The number of hydrogen-bond acceptors (Lipinski definition) is 6. The van der Waals surface area contributed by atoms with Gasteiger partial charge in [0, 0.05) is 32.2 Å². The predicted octanol–water partition coefficient (Wildman–Crippen LogP) is 2.51. The maximum atomic E-state index is 12.0. The van der Waals surface area contributed by atoms with Crippen LogP contribution in [0.3, 0.4) is 0 Å². The van der Waals surface area contributed by atoms with Gasteiger partial charge in [-0.1, -0.05) is 17.7 Å². The van der Waals surface area contributed by atoms with Crippen molar-refractivity contribution >= 4 is 34.8 Å². The smallest absolute Gasteiger partial charge is 0.319 e. The number of hydrogen-bond donors (Lipinski definition) is 3. The average molecular weight is 391 g/mol. The highest BCUT2D eigenvalue weighted by Crippen LogP contribution is 2.22. The number of nitrogens with zero attached hydrogens (tertiary/aromatic N) is 3. The van der Waals surface area contributed by atoms with Gasteiger partial charge in [0.05, 0.1) is 35.8 Å². The number of urea groups is 1. The van der Waals surface area contributed by atoms with E-state index in [0.717, 1.165) is 37.6 Å². The SMILES string of the molecule is Cc1ccc(NC(=O)NCCNc2cc(N3CCOCC3)cnn2)c(Cl)c1. The maximum Gasteiger partial charge on any atom is 0.319 e. The Morgan fingerprint density at radius 1 is 1.26 bits per heavy atom. The minimum atomic E-state index is -0.310. The number of morpholine rings is 1. The number of nitrogens with one attached hydrogen (secondary N) is 3. The van der Waals surface area contributed by atoms with E-state index in [1.165, 1.54) is 0 Å². The van der Waals surface area contributed by atoms with Crippen molar-refractivity contribution in [3.63, 3.8) is 0 Å². The molecule has 3 N–H and O–H groups in total. The number of rotatable bonds is 6. The topological polar surface area (TPSA) is 91.4 Å². The highest BCUT2D eigenvalue weighted by molar-refractivity contribution is 6.33. The molecule has 8 nitrogen and oxygen atoms in total. The Balaban J connectivity index is 1.42. The quantitative estimate of drug-likeness (QED) is 0.656. The van der Waals surface area contributed by atoms with Gasteiger partial charge in [-0.2, -0.15) is 5.10 Å². The molecule has 0 bridgehead atoms. The van der Waals surface area contributed by atoms with Crippen LogP contribution in [0.1, 0.15) is 5.56 Å². The molecule has 1 aliphatic heterocycles. The van der Waals surface area contributed by atoms with E-state index in [9.17, 15) is 4.79 Å². The van der Waals surface area contributed by atoms with Gasteiger partial charge in [-0.25, -0.2) is 4.79 Å². The van der Waals surface area contributed by atoms with Crippen LogP contribution in [0.15, 0.2) is 30.5 Å².